The van der Waals surface area contributed by atoms with Crippen LogP contribution in [0.3, 0.4) is 0 Å². The van der Waals surface area contributed by atoms with Crippen LogP contribution in [0.15, 0.2) is 0 Å². The average molecular weight is 227 g/mol. The van der Waals surface area contributed by atoms with E-state index >= 15 is 0 Å². The van der Waals surface area contributed by atoms with Crippen molar-refractivity contribution in [2.24, 2.45) is 5.92 Å². The molecule has 0 radical (unpaired) electrons. The van der Waals surface area contributed by atoms with E-state index in [4.69, 9.17) is 0 Å². The summed E-state index contributed by atoms with van der Waals surface area (Å²) in [6.07, 6.45) is 6.90. The van der Waals surface area contributed by atoms with Gasteiger partial charge in [-0.2, -0.15) is 0 Å². The summed E-state index contributed by atoms with van der Waals surface area (Å²) in [5.74, 6) is 0.607. The summed E-state index contributed by atoms with van der Waals surface area (Å²) in [6.45, 7) is 10.3. The van der Waals surface area contributed by atoms with E-state index in [1.165, 1.54) is 19.3 Å². The Labute approximate surface area is 101 Å². The second-order valence-corrected chi connectivity index (χ2v) is 4.49. The molecule has 0 bridgehead atoms. The van der Waals surface area contributed by atoms with Crippen LogP contribution in [0.5, 0.6) is 0 Å². The molecule has 0 heterocycles. The molecule has 2 heteroatoms. The van der Waals surface area contributed by atoms with Gasteiger partial charge in [-0.15, -0.1) is 0 Å². The maximum absolute atomic E-state index is 12.1. The number of amides is 1. The average Bonchev–Trinajstić information content (AvgIpc) is 2.30. The van der Waals surface area contributed by atoms with E-state index in [9.17, 15) is 4.79 Å². The number of carbonyl (C=O) groups excluding carboxylic acids is 1. The maximum Gasteiger partial charge on any atom is 0.225 e. The fourth-order valence-corrected chi connectivity index (χ4v) is 2.05. The zero-order valence-corrected chi connectivity index (χ0v) is 11.6. The van der Waals surface area contributed by atoms with Gasteiger partial charge in [0.2, 0.25) is 5.91 Å². The maximum atomic E-state index is 12.1. The van der Waals surface area contributed by atoms with Crippen LogP contribution in [0.2, 0.25) is 0 Å². The molecule has 0 saturated heterocycles. The third-order valence-electron chi connectivity index (χ3n) is 3.31. The van der Waals surface area contributed by atoms with Gasteiger partial charge >= 0.3 is 0 Å². The van der Waals surface area contributed by atoms with Crippen molar-refractivity contribution < 1.29 is 4.79 Å². The first kappa shape index (κ1) is 15.5. The van der Waals surface area contributed by atoms with E-state index in [1.54, 1.807) is 0 Å². The van der Waals surface area contributed by atoms with E-state index in [0.717, 1.165) is 32.4 Å². The van der Waals surface area contributed by atoms with Crippen molar-refractivity contribution >= 4 is 5.91 Å². The molecule has 1 amide bonds. The Morgan fingerprint density at radius 1 is 1.00 bits per heavy atom. The third-order valence-corrected chi connectivity index (χ3v) is 3.31. The van der Waals surface area contributed by atoms with Crippen LogP contribution >= 0.6 is 0 Å². The summed E-state index contributed by atoms with van der Waals surface area (Å²) < 4.78 is 0. The van der Waals surface area contributed by atoms with Crippen molar-refractivity contribution in [3.8, 4) is 0 Å². The van der Waals surface area contributed by atoms with E-state index < -0.39 is 0 Å². The van der Waals surface area contributed by atoms with E-state index in [1.807, 2.05) is 4.90 Å². The first-order chi connectivity index (χ1) is 7.71. The van der Waals surface area contributed by atoms with Gasteiger partial charge in [-0.1, -0.05) is 40.0 Å². The highest BCUT2D eigenvalue weighted by molar-refractivity contribution is 5.78. The molecule has 0 unspecified atom stereocenters. The van der Waals surface area contributed by atoms with Gasteiger partial charge in [-0.25, -0.2) is 0 Å². The van der Waals surface area contributed by atoms with Crippen LogP contribution in [-0.2, 0) is 4.79 Å². The Balaban J connectivity index is 4.00. The first-order valence-electron chi connectivity index (χ1n) is 6.99. The number of carbonyl (C=O) groups is 1. The molecule has 0 N–H and O–H groups in total. The summed E-state index contributed by atoms with van der Waals surface area (Å²) in [5, 5.41) is 0. The number of nitrogens with zero attached hydrogens (tertiary/aromatic N) is 1. The Bertz CT molecular complexity index is 176. The largest absolute Gasteiger partial charge is 0.343 e. The Morgan fingerprint density at radius 2 is 1.62 bits per heavy atom. The molecular weight excluding hydrogens is 198 g/mol. The van der Waals surface area contributed by atoms with Crippen LogP contribution in [0.1, 0.15) is 66.2 Å². The molecule has 0 saturated carbocycles. The SMILES string of the molecule is CCCCCCN(CC)C(=O)C(CC)CC. The molecular formula is C14H29NO. The minimum atomic E-state index is 0.242. The molecule has 96 valence electrons. The molecule has 0 fully saturated rings. The van der Waals surface area contributed by atoms with E-state index in [0.29, 0.717) is 5.91 Å². The van der Waals surface area contributed by atoms with Gasteiger partial charge in [0.15, 0.2) is 0 Å². The molecule has 0 aromatic carbocycles. The van der Waals surface area contributed by atoms with Gasteiger partial charge in [0.1, 0.15) is 0 Å². The Hall–Kier alpha value is -0.530. The number of unbranched alkanes of at least 4 members (excludes halogenated alkanes) is 3. The molecule has 0 rings (SSSR count). The first-order valence-corrected chi connectivity index (χ1v) is 6.99. The predicted octanol–water partition coefficient (Wildman–Crippen LogP) is 3.85. The van der Waals surface area contributed by atoms with Crippen LogP contribution in [0, 0.1) is 5.92 Å². The highest BCUT2D eigenvalue weighted by Gasteiger charge is 2.19. The number of rotatable bonds is 9. The topological polar surface area (TPSA) is 20.3 Å². The summed E-state index contributed by atoms with van der Waals surface area (Å²) in [4.78, 5) is 14.2. The van der Waals surface area contributed by atoms with Gasteiger partial charge in [0.25, 0.3) is 0 Å². The molecule has 0 aromatic rings. The van der Waals surface area contributed by atoms with E-state index in [2.05, 4.69) is 27.7 Å². The normalized spacial score (nSPS) is 10.8. The van der Waals surface area contributed by atoms with Crippen LogP contribution in [-0.4, -0.2) is 23.9 Å². The Kier molecular flexibility index (Phi) is 9.36. The van der Waals surface area contributed by atoms with Gasteiger partial charge in [-0.05, 0) is 26.2 Å². The molecule has 2 nitrogen and oxygen atoms in total. The lowest BCUT2D eigenvalue weighted by molar-refractivity contribution is -0.135. The standard InChI is InChI=1S/C14H29NO/c1-5-9-10-11-12-15(8-4)14(16)13(6-2)7-3/h13H,5-12H2,1-4H3. The fraction of sp³-hybridized carbons (Fsp3) is 0.929. The van der Waals surface area contributed by atoms with Crippen LogP contribution in [0.25, 0.3) is 0 Å². The van der Waals surface area contributed by atoms with Crippen LogP contribution in [0.4, 0.5) is 0 Å². The molecule has 0 spiro atoms. The lowest BCUT2D eigenvalue weighted by Crippen LogP contribution is -2.36. The van der Waals surface area contributed by atoms with Crippen molar-refractivity contribution in [3.05, 3.63) is 0 Å². The van der Waals surface area contributed by atoms with Crippen LogP contribution < -0.4 is 0 Å². The molecule has 0 atom stereocenters. The molecule has 0 aliphatic heterocycles. The van der Waals surface area contributed by atoms with Crippen molar-refractivity contribution in [1.82, 2.24) is 4.90 Å². The van der Waals surface area contributed by atoms with Gasteiger partial charge in [-0.3, -0.25) is 4.79 Å². The van der Waals surface area contributed by atoms with Crippen molar-refractivity contribution in [2.45, 2.75) is 66.2 Å². The minimum Gasteiger partial charge on any atom is -0.343 e. The van der Waals surface area contributed by atoms with Crippen molar-refractivity contribution in [3.63, 3.8) is 0 Å². The summed E-state index contributed by atoms with van der Waals surface area (Å²) in [5.41, 5.74) is 0. The summed E-state index contributed by atoms with van der Waals surface area (Å²) in [6, 6.07) is 0. The molecule has 0 aliphatic carbocycles. The highest BCUT2D eigenvalue weighted by Crippen LogP contribution is 2.13. The van der Waals surface area contributed by atoms with E-state index in [-0.39, 0.29) is 5.92 Å². The highest BCUT2D eigenvalue weighted by atomic mass is 16.2. The van der Waals surface area contributed by atoms with Gasteiger partial charge in [0, 0.05) is 19.0 Å². The summed E-state index contributed by atoms with van der Waals surface area (Å²) in [7, 11) is 0. The number of hydrogen-bond acceptors (Lipinski definition) is 1. The molecule has 16 heavy (non-hydrogen) atoms. The number of hydrogen-bond donors (Lipinski definition) is 0. The predicted molar refractivity (Wildman–Crippen MR) is 70.5 cm³/mol. The lowest BCUT2D eigenvalue weighted by atomic mass is 10.0. The molecule has 0 aliphatic rings. The third kappa shape index (κ3) is 5.53. The van der Waals surface area contributed by atoms with Crippen molar-refractivity contribution in [1.29, 1.82) is 0 Å². The summed E-state index contributed by atoms with van der Waals surface area (Å²) >= 11 is 0. The fourth-order valence-electron chi connectivity index (χ4n) is 2.05. The second kappa shape index (κ2) is 9.68. The Morgan fingerprint density at radius 3 is 2.06 bits per heavy atom. The smallest absolute Gasteiger partial charge is 0.225 e. The van der Waals surface area contributed by atoms with Crippen molar-refractivity contribution in [2.75, 3.05) is 13.1 Å². The second-order valence-electron chi connectivity index (χ2n) is 4.49. The monoisotopic (exact) mass is 227 g/mol. The molecule has 0 aromatic heterocycles. The lowest BCUT2D eigenvalue weighted by Gasteiger charge is -2.25. The van der Waals surface area contributed by atoms with Gasteiger partial charge < -0.3 is 4.90 Å². The zero-order chi connectivity index (χ0) is 12.4. The van der Waals surface area contributed by atoms with Gasteiger partial charge in [0.05, 0.1) is 0 Å². The quantitative estimate of drug-likeness (QED) is 0.548. The minimum absolute atomic E-state index is 0.242. The zero-order valence-electron chi connectivity index (χ0n) is 11.6.